The van der Waals surface area contributed by atoms with Gasteiger partial charge in [-0.05, 0) is 38.5 Å². The van der Waals surface area contributed by atoms with E-state index in [-0.39, 0.29) is 11.1 Å². The van der Waals surface area contributed by atoms with Crippen molar-refractivity contribution in [2.24, 2.45) is 0 Å². The van der Waals surface area contributed by atoms with Crippen LogP contribution in [0.2, 0.25) is 5.02 Å². The zero-order chi connectivity index (χ0) is 14.0. The molecule has 0 amide bonds. The number of halogens is 2. The zero-order valence-electron chi connectivity index (χ0n) is 11.1. The normalized spacial score (nSPS) is 12.7. The van der Waals surface area contributed by atoms with Crippen LogP contribution in [0.3, 0.4) is 0 Å². The lowest BCUT2D eigenvalue weighted by Crippen LogP contribution is -2.18. The molecule has 1 aromatic heterocycles. The van der Waals surface area contributed by atoms with E-state index in [9.17, 15) is 4.39 Å². The molecular weight excluding hydrogens is 267 g/mol. The molecule has 1 heterocycles. The van der Waals surface area contributed by atoms with Gasteiger partial charge in [0.05, 0.1) is 10.7 Å². The van der Waals surface area contributed by atoms with E-state index in [0.29, 0.717) is 6.54 Å². The summed E-state index contributed by atoms with van der Waals surface area (Å²) >= 11 is 5.78. The number of rotatable bonds is 4. The van der Waals surface area contributed by atoms with Gasteiger partial charge in [-0.3, -0.25) is 0 Å². The van der Waals surface area contributed by atoms with Gasteiger partial charge in [-0.25, -0.2) is 4.39 Å². The summed E-state index contributed by atoms with van der Waals surface area (Å²) in [6, 6.07) is 4.81. The molecule has 102 valence electrons. The molecule has 0 spiro atoms. The predicted molar refractivity (Wildman–Crippen MR) is 72.6 cm³/mol. The van der Waals surface area contributed by atoms with Crippen LogP contribution in [-0.4, -0.2) is 5.16 Å². The molecule has 3 nitrogen and oxygen atoms in total. The van der Waals surface area contributed by atoms with Gasteiger partial charge in [-0.1, -0.05) is 22.8 Å². The molecule has 0 fully saturated rings. The van der Waals surface area contributed by atoms with Crippen molar-refractivity contribution in [3.05, 3.63) is 51.6 Å². The second kappa shape index (κ2) is 5.72. The summed E-state index contributed by atoms with van der Waals surface area (Å²) in [5, 5.41) is 7.40. The first-order chi connectivity index (χ1) is 8.99. The molecule has 19 heavy (non-hydrogen) atoms. The molecule has 2 aromatic rings. The molecule has 0 aliphatic rings. The molecule has 1 N–H and O–H groups in total. The molecule has 5 heteroatoms. The lowest BCUT2D eigenvalue weighted by molar-refractivity contribution is 0.391. The van der Waals surface area contributed by atoms with Crippen LogP contribution < -0.4 is 5.32 Å². The Bertz CT molecular complexity index is 563. The Kier molecular flexibility index (Phi) is 4.22. The highest BCUT2D eigenvalue weighted by Gasteiger charge is 2.12. The van der Waals surface area contributed by atoms with Gasteiger partial charge in [-0.2, -0.15) is 0 Å². The van der Waals surface area contributed by atoms with Crippen molar-refractivity contribution in [2.45, 2.75) is 33.4 Å². The fourth-order valence-electron chi connectivity index (χ4n) is 1.91. The van der Waals surface area contributed by atoms with Crippen molar-refractivity contribution in [3.8, 4) is 0 Å². The lowest BCUT2D eigenvalue weighted by atomic mass is 10.1. The van der Waals surface area contributed by atoms with Gasteiger partial charge in [-0.15, -0.1) is 0 Å². The second-order valence-corrected chi connectivity index (χ2v) is 4.99. The van der Waals surface area contributed by atoms with Gasteiger partial charge < -0.3 is 9.84 Å². The summed E-state index contributed by atoms with van der Waals surface area (Å²) in [7, 11) is 0. The number of aryl methyl sites for hydroxylation is 2. The minimum Gasteiger partial charge on any atom is -0.361 e. The summed E-state index contributed by atoms with van der Waals surface area (Å²) < 4.78 is 18.2. The Morgan fingerprint density at radius 1 is 1.42 bits per heavy atom. The van der Waals surface area contributed by atoms with E-state index in [2.05, 4.69) is 10.5 Å². The average molecular weight is 283 g/mol. The van der Waals surface area contributed by atoms with E-state index in [1.54, 1.807) is 12.1 Å². The fraction of sp³-hybridized carbons (Fsp3) is 0.357. The largest absolute Gasteiger partial charge is 0.361 e. The maximum absolute atomic E-state index is 13.1. The first-order valence-electron chi connectivity index (χ1n) is 6.09. The Labute approximate surface area is 116 Å². The van der Waals surface area contributed by atoms with E-state index in [1.165, 1.54) is 6.07 Å². The third kappa shape index (κ3) is 3.14. The van der Waals surface area contributed by atoms with Crippen molar-refractivity contribution in [3.63, 3.8) is 0 Å². The van der Waals surface area contributed by atoms with Gasteiger partial charge in [0.1, 0.15) is 11.6 Å². The van der Waals surface area contributed by atoms with Crippen LogP contribution in [0, 0.1) is 19.7 Å². The molecule has 1 atom stereocenters. The van der Waals surface area contributed by atoms with Gasteiger partial charge >= 0.3 is 0 Å². The van der Waals surface area contributed by atoms with Gasteiger partial charge in [0, 0.05) is 18.2 Å². The van der Waals surface area contributed by atoms with Crippen LogP contribution in [0.25, 0.3) is 0 Å². The number of nitrogens with zero attached hydrogens (tertiary/aromatic N) is 1. The smallest absolute Gasteiger partial charge is 0.141 e. The van der Waals surface area contributed by atoms with Crippen LogP contribution in [-0.2, 0) is 6.54 Å². The molecule has 0 radical (unpaired) electrons. The SMILES string of the molecule is Cc1noc(C)c1CNC(C)c1ccc(F)c(Cl)c1. The molecule has 1 aromatic carbocycles. The maximum Gasteiger partial charge on any atom is 0.141 e. The molecular formula is C14H16ClFN2O. The highest BCUT2D eigenvalue weighted by atomic mass is 35.5. The monoisotopic (exact) mass is 282 g/mol. The molecule has 0 bridgehead atoms. The van der Waals surface area contributed by atoms with E-state index >= 15 is 0 Å². The molecule has 0 saturated carbocycles. The summed E-state index contributed by atoms with van der Waals surface area (Å²) in [6.45, 7) is 6.45. The van der Waals surface area contributed by atoms with Crippen molar-refractivity contribution >= 4 is 11.6 Å². The zero-order valence-corrected chi connectivity index (χ0v) is 11.9. The summed E-state index contributed by atoms with van der Waals surface area (Å²) in [4.78, 5) is 0. The quantitative estimate of drug-likeness (QED) is 0.923. The van der Waals surface area contributed by atoms with Crippen molar-refractivity contribution in [2.75, 3.05) is 0 Å². The maximum atomic E-state index is 13.1. The van der Waals surface area contributed by atoms with Gasteiger partial charge in [0.15, 0.2) is 0 Å². The summed E-state index contributed by atoms with van der Waals surface area (Å²) in [5.41, 5.74) is 2.88. The highest BCUT2D eigenvalue weighted by molar-refractivity contribution is 6.30. The fourth-order valence-corrected chi connectivity index (χ4v) is 2.10. The predicted octanol–water partition coefficient (Wildman–Crippen LogP) is 3.93. The lowest BCUT2D eigenvalue weighted by Gasteiger charge is -2.14. The standard InChI is InChI=1S/C14H16ClFN2O/c1-8(11-4-5-14(16)13(15)6-11)17-7-12-9(2)18-19-10(12)3/h4-6,8,17H,7H2,1-3H3. The number of hydrogen-bond acceptors (Lipinski definition) is 3. The molecule has 1 unspecified atom stereocenters. The Hall–Kier alpha value is -1.39. The Morgan fingerprint density at radius 2 is 2.16 bits per heavy atom. The van der Waals surface area contributed by atoms with Crippen LogP contribution in [0.4, 0.5) is 4.39 Å². The molecule has 2 rings (SSSR count). The minimum atomic E-state index is -0.400. The van der Waals surface area contributed by atoms with Crippen molar-refractivity contribution < 1.29 is 8.91 Å². The summed E-state index contributed by atoms with van der Waals surface area (Å²) in [5.74, 6) is 0.415. The van der Waals surface area contributed by atoms with E-state index in [1.807, 2.05) is 20.8 Å². The molecule has 0 saturated heterocycles. The topological polar surface area (TPSA) is 38.1 Å². The number of benzene rings is 1. The van der Waals surface area contributed by atoms with Crippen LogP contribution in [0.1, 0.15) is 35.5 Å². The average Bonchev–Trinajstić information content (AvgIpc) is 2.69. The number of hydrogen-bond donors (Lipinski definition) is 1. The van der Waals surface area contributed by atoms with Gasteiger partial charge in [0.2, 0.25) is 0 Å². The Morgan fingerprint density at radius 3 is 2.74 bits per heavy atom. The molecule has 0 aliphatic carbocycles. The minimum absolute atomic E-state index is 0.0619. The van der Waals surface area contributed by atoms with E-state index < -0.39 is 5.82 Å². The van der Waals surface area contributed by atoms with E-state index in [4.69, 9.17) is 16.1 Å². The first kappa shape index (κ1) is 14.0. The van der Waals surface area contributed by atoms with Crippen molar-refractivity contribution in [1.29, 1.82) is 0 Å². The third-order valence-corrected chi connectivity index (χ3v) is 3.50. The highest BCUT2D eigenvalue weighted by Crippen LogP contribution is 2.21. The van der Waals surface area contributed by atoms with E-state index in [0.717, 1.165) is 22.6 Å². The Balaban J connectivity index is 2.05. The number of nitrogens with one attached hydrogen (secondary N) is 1. The first-order valence-corrected chi connectivity index (χ1v) is 6.47. The van der Waals surface area contributed by atoms with Crippen LogP contribution in [0.5, 0.6) is 0 Å². The van der Waals surface area contributed by atoms with Crippen molar-refractivity contribution in [1.82, 2.24) is 10.5 Å². The van der Waals surface area contributed by atoms with Crippen LogP contribution >= 0.6 is 11.6 Å². The summed E-state index contributed by atoms with van der Waals surface area (Å²) in [6.07, 6.45) is 0. The second-order valence-electron chi connectivity index (χ2n) is 4.58. The number of aromatic nitrogens is 1. The third-order valence-electron chi connectivity index (χ3n) is 3.21. The van der Waals surface area contributed by atoms with Crippen LogP contribution in [0.15, 0.2) is 22.7 Å². The van der Waals surface area contributed by atoms with Gasteiger partial charge in [0.25, 0.3) is 0 Å². The molecule has 0 aliphatic heterocycles.